The minimum absolute atomic E-state index is 0.307. The molecule has 0 aliphatic rings. The van der Waals surface area contributed by atoms with Crippen molar-refractivity contribution in [1.82, 2.24) is 4.98 Å². The Morgan fingerprint density at radius 2 is 1.91 bits per heavy atom. The molecule has 1 aromatic heterocycles. The van der Waals surface area contributed by atoms with Gasteiger partial charge in [0.15, 0.2) is 6.10 Å². The van der Waals surface area contributed by atoms with E-state index in [1.54, 1.807) is 47.7 Å². The highest BCUT2D eigenvalue weighted by molar-refractivity contribution is 7.09. The van der Waals surface area contributed by atoms with Crippen molar-refractivity contribution in [2.45, 2.75) is 33.5 Å². The highest BCUT2D eigenvalue weighted by atomic mass is 35.5. The monoisotopic (exact) mass is 474 g/mol. The molecule has 0 fully saturated rings. The van der Waals surface area contributed by atoms with Crippen LogP contribution in [0.3, 0.4) is 0 Å². The summed E-state index contributed by atoms with van der Waals surface area (Å²) in [7, 11) is 1.48. The van der Waals surface area contributed by atoms with Gasteiger partial charge < -0.3 is 19.5 Å². The van der Waals surface area contributed by atoms with Crippen LogP contribution in [0.25, 0.3) is 0 Å². The number of ether oxygens (including phenoxy) is 3. The quantitative estimate of drug-likeness (QED) is 0.452. The number of nitrogens with zero attached hydrogens (tertiary/aromatic N) is 1. The summed E-state index contributed by atoms with van der Waals surface area (Å²) in [4.78, 5) is 29.3. The lowest BCUT2D eigenvalue weighted by atomic mass is 10.2. The summed E-state index contributed by atoms with van der Waals surface area (Å²) in [5.74, 6) is -0.0930. The van der Waals surface area contributed by atoms with E-state index in [0.29, 0.717) is 34.4 Å². The van der Waals surface area contributed by atoms with Gasteiger partial charge in [-0.05, 0) is 56.7 Å². The lowest BCUT2D eigenvalue weighted by molar-refractivity contribution is -0.123. The van der Waals surface area contributed by atoms with Crippen LogP contribution in [0.5, 0.6) is 11.5 Å². The third kappa shape index (κ3) is 5.99. The van der Waals surface area contributed by atoms with Crippen LogP contribution in [0, 0.1) is 13.8 Å². The number of anilines is 1. The summed E-state index contributed by atoms with van der Waals surface area (Å²) in [6.07, 6.45) is -1.02. The first-order valence-electron chi connectivity index (χ1n) is 9.76. The summed E-state index contributed by atoms with van der Waals surface area (Å²) >= 11 is 7.65. The van der Waals surface area contributed by atoms with E-state index >= 15 is 0 Å². The number of hydrogen-bond acceptors (Lipinski definition) is 7. The predicted octanol–water partition coefficient (Wildman–Crippen LogP) is 5.18. The molecule has 0 spiro atoms. The first kappa shape index (κ1) is 23.6. The molecule has 0 radical (unpaired) electrons. The maximum Gasteiger partial charge on any atom is 0.338 e. The second-order valence-corrected chi connectivity index (χ2v) is 8.48. The number of amides is 1. The topological polar surface area (TPSA) is 86.8 Å². The zero-order valence-electron chi connectivity index (χ0n) is 18.1. The van der Waals surface area contributed by atoms with Crippen LogP contribution in [0.1, 0.15) is 33.5 Å². The average molecular weight is 475 g/mol. The summed E-state index contributed by atoms with van der Waals surface area (Å²) in [6, 6.07) is 9.81. The standard InChI is InChI=1S/C23H23ClN2O5S/c1-13-9-20(21(29-4)10-19(13)24)26-22(27)14(2)31-23(28)16-5-7-18(8-6-16)30-11-17-12-32-15(3)25-17/h5-10,12,14H,11H2,1-4H3,(H,26,27). The van der Waals surface area contributed by atoms with Crippen molar-refractivity contribution in [3.05, 3.63) is 68.6 Å². The van der Waals surface area contributed by atoms with Crippen molar-refractivity contribution in [3.63, 3.8) is 0 Å². The smallest absolute Gasteiger partial charge is 0.338 e. The summed E-state index contributed by atoms with van der Waals surface area (Å²) < 4.78 is 16.2. The number of esters is 1. The molecule has 168 valence electrons. The molecule has 3 aromatic rings. The number of thiazole rings is 1. The maximum absolute atomic E-state index is 12.5. The van der Waals surface area contributed by atoms with E-state index in [-0.39, 0.29) is 0 Å². The van der Waals surface area contributed by atoms with Gasteiger partial charge in [-0.1, -0.05) is 11.6 Å². The fourth-order valence-electron chi connectivity index (χ4n) is 2.77. The van der Waals surface area contributed by atoms with E-state index in [0.717, 1.165) is 16.3 Å². The van der Waals surface area contributed by atoms with Crippen LogP contribution >= 0.6 is 22.9 Å². The highest BCUT2D eigenvalue weighted by Crippen LogP contribution is 2.31. The number of nitrogens with one attached hydrogen (secondary N) is 1. The molecule has 0 saturated carbocycles. The molecule has 0 bridgehead atoms. The lowest BCUT2D eigenvalue weighted by Crippen LogP contribution is -2.30. The summed E-state index contributed by atoms with van der Waals surface area (Å²) in [5.41, 5.74) is 2.38. The third-order valence-electron chi connectivity index (χ3n) is 4.53. The van der Waals surface area contributed by atoms with Crippen LogP contribution in [0.4, 0.5) is 5.69 Å². The van der Waals surface area contributed by atoms with Crippen LogP contribution < -0.4 is 14.8 Å². The number of carbonyl (C=O) groups excluding carboxylic acids is 2. The molecule has 9 heteroatoms. The maximum atomic E-state index is 12.5. The van der Waals surface area contributed by atoms with Crippen molar-refractivity contribution in [3.8, 4) is 11.5 Å². The van der Waals surface area contributed by atoms with E-state index < -0.39 is 18.0 Å². The largest absolute Gasteiger partial charge is 0.495 e. The van der Waals surface area contributed by atoms with Crippen molar-refractivity contribution in [2.75, 3.05) is 12.4 Å². The Labute approximate surface area is 195 Å². The first-order chi connectivity index (χ1) is 15.3. The number of aromatic nitrogens is 1. The molecule has 1 amide bonds. The third-order valence-corrected chi connectivity index (χ3v) is 5.76. The second kappa shape index (κ2) is 10.5. The minimum atomic E-state index is -1.02. The Morgan fingerprint density at radius 3 is 2.53 bits per heavy atom. The number of hydrogen-bond donors (Lipinski definition) is 1. The number of rotatable bonds is 8. The van der Waals surface area contributed by atoms with Crippen molar-refractivity contribution in [2.24, 2.45) is 0 Å². The molecule has 1 N–H and O–H groups in total. The van der Waals surface area contributed by atoms with E-state index in [1.807, 2.05) is 19.2 Å². The van der Waals surface area contributed by atoms with Gasteiger partial charge in [-0.3, -0.25) is 4.79 Å². The molecule has 2 aromatic carbocycles. The Morgan fingerprint density at radius 1 is 1.19 bits per heavy atom. The van der Waals surface area contributed by atoms with E-state index in [9.17, 15) is 9.59 Å². The van der Waals surface area contributed by atoms with Crippen LogP contribution in [-0.4, -0.2) is 30.1 Å². The van der Waals surface area contributed by atoms with Gasteiger partial charge >= 0.3 is 5.97 Å². The van der Waals surface area contributed by atoms with Crippen LogP contribution in [0.2, 0.25) is 5.02 Å². The van der Waals surface area contributed by atoms with Crippen LogP contribution in [0.15, 0.2) is 41.8 Å². The molecule has 0 saturated heterocycles. The van der Waals surface area contributed by atoms with Gasteiger partial charge in [0, 0.05) is 16.5 Å². The highest BCUT2D eigenvalue weighted by Gasteiger charge is 2.21. The van der Waals surface area contributed by atoms with E-state index in [2.05, 4.69) is 10.3 Å². The number of methoxy groups -OCH3 is 1. The van der Waals surface area contributed by atoms with Gasteiger partial charge in [0.25, 0.3) is 5.91 Å². The predicted molar refractivity (Wildman–Crippen MR) is 124 cm³/mol. The van der Waals surface area contributed by atoms with Gasteiger partial charge in [-0.15, -0.1) is 11.3 Å². The molecular formula is C23H23ClN2O5S. The van der Waals surface area contributed by atoms with Gasteiger partial charge in [-0.2, -0.15) is 0 Å². The molecule has 32 heavy (non-hydrogen) atoms. The number of halogens is 1. The number of benzene rings is 2. The Kier molecular flexibility index (Phi) is 7.71. The zero-order chi connectivity index (χ0) is 23.3. The van der Waals surface area contributed by atoms with E-state index in [4.69, 9.17) is 25.8 Å². The van der Waals surface area contributed by atoms with Crippen LogP contribution in [-0.2, 0) is 16.1 Å². The molecule has 0 aliphatic heterocycles. The number of carbonyl (C=O) groups is 2. The SMILES string of the molecule is COc1cc(Cl)c(C)cc1NC(=O)C(C)OC(=O)c1ccc(OCc2csc(C)n2)cc1. The van der Waals surface area contributed by atoms with Crippen molar-refractivity contribution in [1.29, 1.82) is 0 Å². The normalized spacial score (nSPS) is 11.5. The first-order valence-corrected chi connectivity index (χ1v) is 11.0. The second-order valence-electron chi connectivity index (χ2n) is 7.01. The minimum Gasteiger partial charge on any atom is -0.495 e. The molecular weight excluding hydrogens is 452 g/mol. The molecule has 3 rings (SSSR count). The fraction of sp³-hybridized carbons (Fsp3) is 0.261. The summed E-state index contributed by atoms with van der Waals surface area (Å²) in [6.45, 7) is 5.59. The average Bonchev–Trinajstić information content (AvgIpc) is 3.20. The Hall–Kier alpha value is -3.10. The molecule has 7 nitrogen and oxygen atoms in total. The molecule has 0 aliphatic carbocycles. The van der Waals surface area contributed by atoms with E-state index in [1.165, 1.54) is 14.0 Å². The van der Waals surface area contributed by atoms with Gasteiger partial charge in [0.1, 0.15) is 18.1 Å². The lowest BCUT2D eigenvalue weighted by Gasteiger charge is -2.16. The Balaban J connectivity index is 1.56. The van der Waals surface area contributed by atoms with Gasteiger partial charge in [-0.25, -0.2) is 9.78 Å². The molecule has 1 heterocycles. The van der Waals surface area contributed by atoms with Crippen molar-refractivity contribution < 1.29 is 23.8 Å². The van der Waals surface area contributed by atoms with Gasteiger partial charge in [0.2, 0.25) is 0 Å². The fourth-order valence-corrected chi connectivity index (χ4v) is 3.52. The Bertz CT molecular complexity index is 1110. The van der Waals surface area contributed by atoms with Gasteiger partial charge in [0.05, 0.1) is 29.1 Å². The molecule has 1 atom stereocenters. The summed E-state index contributed by atoms with van der Waals surface area (Å²) in [5, 5.41) is 6.14. The number of aryl methyl sites for hydroxylation is 2. The zero-order valence-corrected chi connectivity index (χ0v) is 19.7. The molecule has 1 unspecified atom stereocenters. The van der Waals surface area contributed by atoms with Crippen molar-refractivity contribution >= 4 is 40.5 Å².